The molecule has 0 unspecified atom stereocenters. The molecule has 3 aromatic carbocycles. The van der Waals surface area contributed by atoms with E-state index < -0.39 is 6.03 Å². The topological polar surface area (TPSA) is 111 Å². The Hall–Kier alpha value is -4.31. The number of benzene rings is 3. The van der Waals surface area contributed by atoms with Gasteiger partial charge in [-0.25, -0.2) is 9.78 Å². The van der Waals surface area contributed by atoms with Crippen LogP contribution in [0.15, 0.2) is 48.5 Å². The Morgan fingerprint density at radius 2 is 1.47 bits per heavy atom. The molecular weight excluding hydrogens is 480 g/mol. The van der Waals surface area contributed by atoms with Crippen LogP contribution in [0.1, 0.15) is 21.5 Å². The third kappa shape index (κ3) is 5.18. The van der Waals surface area contributed by atoms with E-state index in [1.807, 2.05) is 32.0 Å². The van der Waals surface area contributed by atoms with Gasteiger partial charge >= 0.3 is 6.03 Å². The van der Waals surface area contributed by atoms with Gasteiger partial charge in [-0.3, -0.25) is 10.1 Å². The fourth-order valence-electron chi connectivity index (χ4n) is 3.69. The van der Waals surface area contributed by atoms with E-state index in [9.17, 15) is 9.59 Å². The Balaban J connectivity index is 1.50. The number of methoxy groups -OCH3 is 3. The number of carbonyl (C=O) groups is 2. The van der Waals surface area contributed by atoms with Gasteiger partial charge in [0.15, 0.2) is 16.6 Å². The number of nitrogens with zero attached hydrogens (tertiary/aromatic N) is 1. The third-order valence-electron chi connectivity index (χ3n) is 5.54. The molecule has 1 heterocycles. The number of thiazole rings is 1. The van der Waals surface area contributed by atoms with Crippen molar-refractivity contribution in [2.75, 3.05) is 37.3 Å². The molecule has 3 N–H and O–H groups in total. The molecule has 10 heteroatoms. The molecule has 0 bridgehead atoms. The molecule has 0 fully saturated rings. The summed E-state index contributed by atoms with van der Waals surface area (Å²) in [7, 11) is 4.51. The number of amides is 3. The van der Waals surface area contributed by atoms with Crippen LogP contribution >= 0.6 is 11.3 Å². The van der Waals surface area contributed by atoms with Crippen molar-refractivity contribution in [1.29, 1.82) is 0 Å². The highest BCUT2D eigenvalue weighted by molar-refractivity contribution is 7.22. The quantitative estimate of drug-likeness (QED) is 0.291. The number of aryl methyl sites for hydroxylation is 2. The summed E-state index contributed by atoms with van der Waals surface area (Å²) in [5.41, 5.74) is 4.36. The summed E-state index contributed by atoms with van der Waals surface area (Å²) in [6.45, 7) is 3.91. The first kappa shape index (κ1) is 24.8. The predicted octanol–water partition coefficient (Wildman–Crippen LogP) is 5.84. The molecule has 0 atom stereocenters. The first-order chi connectivity index (χ1) is 17.3. The summed E-state index contributed by atoms with van der Waals surface area (Å²) in [6, 6.07) is 13.8. The van der Waals surface area contributed by atoms with Crippen LogP contribution in [-0.2, 0) is 0 Å². The largest absolute Gasteiger partial charge is 0.494 e. The van der Waals surface area contributed by atoms with Crippen LogP contribution in [0.3, 0.4) is 0 Å². The monoisotopic (exact) mass is 506 g/mol. The predicted molar refractivity (Wildman–Crippen MR) is 142 cm³/mol. The van der Waals surface area contributed by atoms with Crippen LogP contribution in [0.2, 0.25) is 0 Å². The van der Waals surface area contributed by atoms with Crippen LogP contribution in [0.4, 0.5) is 21.3 Å². The normalized spacial score (nSPS) is 10.6. The van der Waals surface area contributed by atoms with Gasteiger partial charge in [0, 0.05) is 23.4 Å². The molecule has 0 radical (unpaired) electrons. The zero-order valence-electron chi connectivity index (χ0n) is 20.5. The number of hydrogen-bond acceptors (Lipinski definition) is 7. The van der Waals surface area contributed by atoms with E-state index in [0.29, 0.717) is 39.1 Å². The highest BCUT2D eigenvalue weighted by atomic mass is 32.1. The summed E-state index contributed by atoms with van der Waals surface area (Å²) in [4.78, 5) is 30.0. The molecule has 0 saturated heterocycles. The van der Waals surface area contributed by atoms with Gasteiger partial charge in [0.05, 0.1) is 37.2 Å². The molecule has 36 heavy (non-hydrogen) atoms. The van der Waals surface area contributed by atoms with Crippen LogP contribution < -0.4 is 30.2 Å². The standard InChI is InChI=1S/C26H26N4O5S/c1-14-7-6-8-15(2)23(14)29-24(31)16-9-10-17-22(11-16)36-26(28-17)30-25(32)27-18-12-20(34-4)21(35-5)13-19(18)33-3/h6-13H,1-5H3,(H,29,31)(H2,27,28,30,32). The summed E-state index contributed by atoms with van der Waals surface area (Å²) in [5.74, 6) is 1.12. The van der Waals surface area contributed by atoms with Crippen molar-refractivity contribution in [1.82, 2.24) is 4.98 Å². The summed E-state index contributed by atoms with van der Waals surface area (Å²) in [6.07, 6.45) is 0. The maximum atomic E-state index is 12.9. The lowest BCUT2D eigenvalue weighted by molar-refractivity contribution is 0.102. The minimum atomic E-state index is -0.507. The average molecular weight is 507 g/mol. The van der Waals surface area contributed by atoms with Gasteiger partial charge in [-0.15, -0.1) is 0 Å². The number of hydrogen-bond donors (Lipinski definition) is 3. The fraction of sp³-hybridized carbons (Fsp3) is 0.192. The van der Waals surface area contributed by atoms with Crippen LogP contribution in [0.5, 0.6) is 17.2 Å². The number of ether oxygens (including phenoxy) is 3. The van der Waals surface area contributed by atoms with Crippen LogP contribution in [0.25, 0.3) is 10.2 Å². The molecule has 0 spiro atoms. The zero-order valence-corrected chi connectivity index (χ0v) is 21.3. The van der Waals surface area contributed by atoms with Gasteiger partial charge in [0.25, 0.3) is 5.91 Å². The summed E-state index contributed by atoms with van der Waals surface area (Å²) < 4.78 is 16.7. The van der Waals surface area contributed by atoms with E-state index >= 15 is 0 Å². The highest BCUT2D eigenvalue weighted by Gasteiger charge is 2.16. The second-order valence-electron chi connectivity index (χ2n) is 7.91. The third-order valence-corrected chi connectivity index (χ3v) is 6.48. The minimum Gasteiger partial charge on any atom is -0.494 e. The second-order valence-corrected chi connectivity index (χ2v) is 8.94. The van der Waals surface area contributed by atoms with E-state index in [1.54, 1.807) is 30.3 Å². The van der Waals surface area contributed by atoms with Gasteiger partial charge in [-0.05, 0) is 43.2 Å². The van der Waals surface area contributed by atoms with Crippen molar-refractivity contribution < 1.29 is 23.8 Å². The number of para-hydroxylation sites is 1. The van der Waals surface area contributed by atoms with Crippen molar-refractivity contribution >= 4 is 50.0 Å². The zero-order chi connectivity index (χ0) is 25.8. The van der Waals surface area contributed by atoms with Crippen molar-refractivity contribution in [2.24, 2.45) is 0 Å². The van der Waals surface area contributed by atoms with Crippen LogP contribution in [-0.4, -0.2) is 38.3 Å². The Morgan fingerprint density at radius 3 is 2.14 bits per heavy atom. The maximum Gasteiger partial charge on any atom is 0.325 e. The van der Waals surface area contributed by atoms with E-state index in [4.69, 9.17) is 14.2 Å². The Bertz CT molecular complexity index is 1430. The number of fused-ring (bicyclic) bond motifs is 1. The Kier molecular flexibility index (Phi) is 7.25. The molecule has 9 nitrogen and oxygen atoms in total. The van der Waals surface area contributed by atoms with Crippen molar-refractivity contribution in [3.8, 4) is 17.2 Å². The molecule has 0 aliphatic heterocycles. The lowest BCUT2D eigenvalue weighted by atomic mass is 10.1. The van der Waals surface area contributed by atoms with E-state index in [-0.39, 0.29) is 5.91 Å². The Labute approximate surface area is 212 Å². The molecular formula is C26H26N4O5S. The number of nitrogens with one attached hydrogen (secondary N) is 3. The lowest BCUT2D eigenvalue weighted by Gasteiger charge is -2.14. The van der Waals surface area contributed by atoms with E-state index in [2.05, 4.69) is 20.9 Å². The molecule has 3 amide bonds. The van der Waals surface area contributed by atoms with Gasteiger partial charge in [-0.2, -0.15) is 0 Å². The lowest BCUT2D eigenvalue weighted by Crippen LogP contribution is -2.19. The van der Waals surface area contributed by atoms with Crippen molar-refractivity contribution in [3.05, 3.63) is 65.2 Å². The maximum absolute atomic E-state index is 12.9. The van der Waals surface area contributed by atoms with Crippen molar-refractivity contribution in [2.45, 2.75) is 13.8 Å². The first-order valence-corrected chi connectivity index (χ1v) is 11.8. The number of rotatable bonds is 7. The number of aromatic nitrogens is 1. The average Bonchev–Trinajstić information content (AvgIpc) is 3.27. The smallest absolute Gasteiger partial charge is 0.325 e. The minimum absolute atomic E-state index is 0.212. The fourth-order valence-corrected chi connectivity index (χ4v) is 4.59. The van der Waals surface area contributed by atoms with E-state index in [0.717, 1.165) is 21.5 Å². The SMILES string of the molecule is COc1cc(OC)c(OC)cc1NC(=O)Nc1nc2ccc(C(=O)Nc3c(C)cccc3C)cc2s1. The molecule has 186 valence electrons. The van der Waals surface area contributed by atoms with Crippen molar-refractivity contribution in [3.63, 3.8) is 0 Å². The number of anilines is 3. The van der Waals surface area contributed by atoms with Gasteiger partial charge in [-0.1, -0.05) is 29.5 Å². The van der Waals surface area contributed by atoms with Crippen LogP contribution in [0, 0.1) is 13.8 Å². The molecule has 4 rings (SSSR count). The number of urea groups is 1. The van der Waals surface area contributed by atoms with Gasteiger partial charge in [0.1, 0.15) is 5.75 Å². The molecule has 4 aromatic rings. The molecule has 1 aromatic heterocycles. The number of carbonyl (C=O) groups excluding carboxylic acids is 2. The summed E-state index contributed by atoms with van der Waals surface area (Å²) >= 11 is 1.27. The first-order valence-electron chi connectivity index (χ1n) is 11.0. The van der Waals surface area contributed by atoms with Gasteiger partial charge in [0.2, 0.25) is 0 Å². The molecule has 0 saturated carbocycles. The molecule has 0 aliphatic rings. The second kappa shape index (κ2) is 10.5. The molecule has 0 aliphatic carbocycles. The van der Waals surface area contributed by atoms with E-state index in [1.165, 1.54) is 32.7 Å². The Morgan fingerprint density at radius 1 is 0.806 bits per heavy atom. The summed E-state index contributed by atoms with van der Waals surface area (Å²) in [5, 5.41) is 8.84. The van der Waals surface area contributed by atoms with Gasteiger partial charge < -0.3 is 24.8 Å². The highest BCUT2D eigenvalue weighted by Crippen LogP contribution is 2.38.